The second kappa shape index (κ2) is 4.07. The highest BCUT2D eigenvalue weighted by atomic mass is 32.1. The van der Waals surface area contributed by atoms with Gasteiger partial charge in [0.05, 0.1) is 6.16 Å². The molecular weight excluding hydrogens is 187 g/mol. The van der Waals surface area contributed by atoms with Gasteiger partial charge in [-0.3, -0.25) is 9.36 Å². The molecule has 0 aromatic rings. The zero-order chi connectivity index (χ0) is 9.07. The van der Waals surface area contributed by atoms with Crippen LogP contribution in [0.3, 0.4) is 0 Å². The Balaban J connectivity index is 3.82. The molecule has 0 aromatic carbocycles. The fraction of sp³-hybridized carbons (Fsp3) is 0.400. The summed E-state index contributed by atoms with van der Waals surface area (Å²) in [6.07, 6.45) is -0.356. The summed E-state index contributed by atoms with van der Waals surface area (Å²) in [6.45, 7) is 3.29. The first kappa shape index (κ1) is 10.9. The lowest BCUT2D eigenvalue weighted by molar-refractivity contribution is -0.107. The third-order valence-electron chi connectivity index (χ3n) is 1.01. The van der Waals surface area contributed by atoms with E-state index in [0.29, 0.717) is 0 Å². The van der Waals surface area contributed by atoms with E-state index < -0.39 is 12.7 Å². The number of hydrogen-bond donors (Lipinski definition) is 3. The van der Waals surface area contributed by atoms with Gasteiger partial charge in [0.2, 0.25) is 5.12 Å². The van der Waals surface area contributed by atoms with Gasteiger partial charge in [-0.15, -0.1) is 12.6 Å². The minimum Gasteiger partial charge on any atom is -0.324 e. The molecule has 2 N–H and O–H groups in total. The molecule has 0 rings (SSSR count). The Morgan fingerprint density at radius 3 is 2.27 bits per heavy atom. The number of thiol groups is 1. The maximum absolute atomic E-state index is 10.4. The molecule has 11 heavy (non-hydrogen) atoms. The molecule has 64 valence electrons. The van der Waals surface area contributed by atoms with E-state index in [9.17, 15) is 9.36 Å². The summed E-state index contributed by atoms with van der Waals surface area (Å²) in [5, 5.41) is -0.529. The number of carbonyl (C=O) groups excluding carboxylic acids is 1. The largest absolute Gasteiger partial charge is 0.325 e. The van der Waals surface area contributed by atoms with E-state index in [1.54, 1.807) is 0 Å². The van der Waals surface area contributed by atoms with Crippen LogP contribution in [0.5, 0.6) is 0 Å². The van der Waals surface area contributed by atoms with Crippen LogP contribution in [0.25, 0.3) is 0 Å². The minimum absolute atomic E-state index is 0.00733. The summed E-state index contributed by atoms with van der Waals surface area (Å²) in [7, 11) is -4.01. The van der Waals surface area contributed by atoms with Gasteiger partial charge >= 0.3 is 7.60 Å². The van der Waals surface area contributed by atoms with Crippen molar-refractivity contribution in [1.29, 1.82) is 0 Å². The molecule has 0 spiro atoms. The lowest BCUT2D eigenvalue weighted by Gasteiger charge is -2.02. The van der Waals surface area contributed by atoms with Crippen LogP contribution in [0.4, 0.5) is 0 Å². The smallest absolute Gasteiger partial charge is 0.324 e. The van der Waals surface area contributed by atoms with Crippen molar-refractivity contribution in [2.75, 3.05) is 6.16 Å². The van der Waals surface area contributed by atoms with Crippen LogP contribution >= 0.6 is 20.2 Å². The standard InChI is InChI=1S/C5H9O4PS/c1-4(5(6)11)2-3-10(7,8)9/h1-3H2,(H,6,11)(H2,7,8,9). The minimum atomic E-state index is -4.01. The van der Waals surface area contributed by atoms with E-state index in [4.69, 9.17) is 9.79 Å². The quantitative estimate of drug-likeness (QED) is 0.349. The average Bonchev–Trinajstić information content (AvgIpc) is 1.80. The van der Waals surface area contributed by atoms with Crippen molar-refractivity contribution >= 4 is 25.3 Å². The normalized spacial score (nSPS) is 11.2. The van der Waals surface area contributed by atoms with E-state index in [1.165, 1.54) is 0 Å². The van der Waals surface area contributed by atoms with Crippen molar-refractivity contribution in [3.8, 4) is 0 Å². The Morgan fingerprint density at radius 1 is 1.55 bits per heavy atom. The summed E-state index contributed by atoms with van der Waals surface area (Å²) in [6, 6.07) is 0. The van der Waals surface area contributed by atoms with E-state index >= 15 is 0 Å². The fourth-order valence-corrected chi connectivity index (χ4v) is 1.06. The van der Waals surface area contributed by atoms with Crippen molar-refractivity contribution in [3.63, 3.8) is 0 Å². The van der Waals surface area contributed by atoms with E-state index in [1.807, 2.05) is 0 Å². The SMILES string of the molecule is C=C(CCP(=O)(O)O)C(=O)S. The Bertz CT molecular complexity index is 219. The third kappa shape index (κ3) is 6.31. The molecule has 0 saturated heterocycles. The summed E-state index contributed by atoms with van der Waals surface area (Å²) in [4.78, 5) is 27.1. The van der Waals surface area contributed by atoms with Crippen molar-refractivity contribution in [2.24, 2.45) is 0 Å². The van der Waals surface area contributed by atoms with Gasteiger partial charge < -0.3 is 9.79 Å². The third-order valence-corrected chi connectivity index (χ3v) is 2.13. The van der Waals surface area contributed by atoms with Crippen LogP contribution in [0.2, 0.25) is 0 Å². The van der Waals surface area contributed by atoms with Crippen molar-refractivity contribution in [1.82, 2.24) is 0 Å². The molecule has 0 atom stereocenters. The van der Waals surface area contributed by atoms with Crippen LogP contribution in [-0.4, -0.2) is 21.1 Å². The van der Waals surface area contributed by atoms with Gasteiger partial charge in [-0.25, -0.2) is 0 Å². The van der Waals surface area contributed by atoms with Crippen LogP contribution in [0, 0.1) is 0 Å². The molecule has 0 aromatic heterocycles. The van der Waals surface area contributed by atoms with Gasteiger partial charge in [0, 0.05) is 0 Å². The molecule has 0 heterocycles. The van der Waals surface area contributed by atoms with Gasteiger partial charge in [0.15, 0.2) is 0 Å². The lowest BCUT2D eigenvalue weighted by Crippen LogP contribution is -1.96. The summed E-state index contributed by atoms with van der Waals surface area (Å²) < 4.78 is 10.3. The molecule has 0 saturated carbocycles. The van der Waals surface area contributed by atoms with Crippen molar-refractivity contribution in [2.45, 2.75) is 6.42 Å². The fourth-order valence-electron chi connectivity index (χ4n) is 0.388. The molecule has 0 amide bonds. The Hall–Kier alpha value is -0.0900. The topological polar surface area (TPSA) is 74.6 Å². The molecule has 0 aliphatic rings. The zero-order valence-corrected chi connectivity index (χ0v) is 7.52. The number of hydrogen-bond acceptors (Lipinski definition) is 2. The summed E-state index contributed by atoms with van der Waals surface area (Å²) >= 11 is 3.43. The number of rotatable bonds is 4. The second-order valence-corrected chi connectivity index (χ2v) is 4.23. The van der Waals surface area contributed by atoms with Crippen molar-refractivity contribution in [3.05, 3.63) is 12.2 Å². The Labute approximate surface area is 69.9 Å². The molecule has 0 fully saturated rings. The molecule has 0 unspecified atom stereocenters. The molecule has 0 bridgehead atoms. The highest BCUT2D eigenvalue weighted by Gasteiger charge is 2.14. The molecule has 0 aliphatic carbocycles. The van der Waals surface area contributed by atoms with Gasteiger partial charge in [-0.05, 0) is 12.0 Å². The highest BCUT2D eigenvalue weighted by molar-refractivity contribution is 7.97. The maximum Gasteiger partial charge on any atom is 0.325 e. The van der Waals surface area contributed by atoms with Gasteiger partial charge in [-0.2, -0.15) is 0 Å². The van der Waals surface area contributed by atoms with Crippen LogP contribution in [0.15, 0.2) is 12.2 Å². The molecule has 0 radical (unpaired) electrons. The second-order valence-electron chi connectivity index (χ2n) is 2.05. The Morgan fingerprint density at radius 2 is 2.00 bits per heavy atom. The van der Waals surface area contributed by atoms with Crippen LogP contribution < -0.4 is 0 Å². The van der Waals surface area contributed by atoms with E-state index in [2.05, 4.69) is 19.2 Å². The zero-order valence-electron chi connectivity index (χ0n) is 5.73. The predicted molar refractivity (Wildman–Crippen MR) is 44.7 cm³/mol. The molecular formula is C5H9O4PS. The first-order valence-electron chi connectivity index (χ1n) is 2.78. The maximum atomic E-state index is 10.4. The highest BCUT2D eigenvalue weighted by Crippen LogP contribution is 2.35. The Kier molecular flexibility index (Phi) is 4.03. The van der Waals surface area contributed by atoms with E-state index in [-0.39, 0.29) is 18.2 Å². The first-order valence-corrected chi connectivity index (χ1v) is 5.03. The average molecular weight is 196 g/mol. The first-order chi connectivity index (χ1) is 4.83. The number of carbonyl (C=O) groups is 1. The summed E-state index contributed by atoms with van der Waals surface area (Å²) in [5.41, 5.74) is 0.122. The van der Waals surface area contributed by atoms with Gasteiger partial charge in [0.25, 0.3) is 0 Å². The van der Waals surface area contributed by atoms with Gasteiger partial charge in [0.1, 0.15) is 0 Å². The molecule has 6 heteroatoms. The van der Waals surface area contributed by atoms with Gasteiger partial charge in [-0.1, -0.05) is 6.58 Å². The molecule has 4 nitrogen and oxygen atoms in total. The van der Waals surface area contributed by atoms with Crippen LogP contribution in [-0.2, 0) is 9.36 Å². The van der Waals surface area contributed by atoms with Crippen LogP contribution in [0.1, 0.15) is 6.42 Å². The van der Waals surface area contributed by atoms with E-state index in [0.717, 1.165) is 0 Å². The summed E-state index contributed by atoms with van der Waals surface area (Å²) in [5.74, 6) is 0. The molecule has 0 aliphatic heterocycles. The predicted octanol–water partition coefficient (Wildman–Crippen LogP) is 0.567. The van der Waals surface area contributed by atoms with Crippen molar-refractivity contribution < 1.29 is 19.1 Å². The lowest BCUT2D eigenvalue weighted by atomic mass is 10.3. The monoisotopic (exact) mass is 196 g/mol.